The number of hydrogen-bond donors (Lipinski definition) is 0. The summed E-state index contributed by atoms with van der Waals surface area (Å²) in [7, 11) is 5.88. The Morgan fingerprint density at radius 3 is 2.64 bits per heavy atom. The Kier molecular flexibility index (Phi) is 8.76. The monoisotopic (exact) mass is 657 g/mol. The fraction of sp³-hybridized carbons (Fsp3) is 0.444. The minimum Gasteiger partial charge on any atom is -0.461 e. The Morgan fingerprint density at radius 2 is 1.87 bits per heavy atom. The molecule has 5 heterocycles. The molecule has 0 bridgehead atoms. The molecule has 0 unspecified atom stereocenters. The van der Waals surface area contributed by atoms with E-state index in [0.29, 0.717) is 48.0 Å². The highest BCUT2D eigenvalue weighted by Gasteiger charge is 2.45. The summed E-state index contributed by atoms with van der Waals surface area (Å²) in [5.74, 6) is -0.0245. The summed E-state index contributed by atoms with van der Waals surface area (Å²) in [6.07, 6.45) is 10.4. The van der Waals surface area contributed by atoms with E-state index in [1.54, 1.807) is 18.3 Å². The van der Waals surface area contributed by atoms with Crippen molar-refractivity contribution in [2.75, 3.05) is 65.4 Å². The highest BCUT2D eigenvalue weighted by molar-refractivity contribution is 6.36. The first-order valence-corrected chi connectivity index (χ1v) is 16.9. The van der Waals surface area contributed by atoms with E-state index in [0.717, 1.165) is 56.0 Å². The van der Waals surface area contributed by atoms with Crippen LogP contribution >= 0.6 is 11.6 Å². The van der Waals surface area contributed by atoms with Gasteiger partial charge in [0.15, 0.2) is 5.82 Å². The van der Waals surface area contributed by atoms with Gasteiger partial charge in [0.05, 0.1) is 10.9 Å². The third kappa shape index (κ3) is 6.03. The fourth-order valence-electron chi connectivity index (χ4n) is 7.60. The standard InChI is InChI=1S/C36H41ClFN7O2/c1-42(2)17-6-13-29(46)44-20-14-25(22-44)43(3)34-27-21-39-32(26-11-4-9-24-10-5-12-28(37)30(24)26)31(38)33(27)40-35(41-34)47-23-36-15-7-18-45(36)19-8-16-36/h4-6,9-13,21,25H,7-8,14-20,22-23H2,1-3H3/b13-6+/t25-/m1/s1. The Hall–Kier alpha value is -3.86. The highest BCUT2D eigenvalue weighted by atomic mass is 35.5. The van der Waals surface area contributed by atoms with Gasteiger partial charge in [-0.25, -0.2) is 4.39 Å². The van der Waals surface area contributed by atoms with Crippen molar-refractivity contribution < 1.29 is 13.9 Å². The second-order valence-electron chi connectivity index (χ2n) is 13.4. The van der Waals surface area contributed by atoms with E-state index < -0.39 is 5.82 Å². The van der Waals surface area contributed by atoms with E-state index in [1.165, 1.54) is 0 Å². The summed E-state index contributed by atoms with van der Waals surface area (Å²) in [4.78, 5) is 35.5. The number of ether oxygens (including phenoxy) is 1. The molecule has 3 aliphatic heterocycles. The topological polar surface area (TPSA) is 77.9 Å². The van der Waals surface area contributed by atoms with E-state index in [4.69, 9.17) is 26.3 Å². The molecule has 0 N–H and O–H groups in total. The number of carbonyl (C=O) groups excluding carboxylic acids is 1. The van der Waals surface area contributed by atoms with Crippen LogP contribution in [0.4, 0.5) is 10.2 Å². The minimum absolute atomic E-state index is 0.0117. The zero-order valence-corrected chi connectivity index (χ0v) is 28.0. The van der Waals surface area contributed by atoms with E-state index in [-0.39, 0.29) is 34.7 Å². The highest BCUT2D eigenvalue weighted by Crippen LogP contribution is 2.40. The molecular formula is C36H41ClFN7O2. The average molecular weight is 658 g/mol. The van der Waals surface area contributed by atoms with Gasteiger partial charge < -0.3 is 19.4 Å². The van der Waals surface area contributed by atoms with E-state index in [2.05, 4.69) is 9.88 Å². The molecule has 7 rings (SSSR count). The van der Waals surface area contributed by atoms with Crippen LogP contribution in [-0.2, 0) is 4.79 Å². The second kappa shape index (κ2) is 13.0. The zero-order chi connectivity index (χ0) is 32.7. The minimum atomic E-state index is -0.549. The third-order valence-corrected chi connectivity index (χ3v) is 10.4. The maximum atomic E-state index is 16.8. The Labute approximate surface area is 280 Å². The van der Waals surface area contributed by atoms with Crippen molar-refractivity contribution in [1.82, 2.24) is 29.7 Å². The molecule has 0 aliphatic carbocycles. The van der Waals surface area contributed by atoms with E-state index in [9.17, 15) is 4.79 Å². The molecule has 0 saturated carbocycles. The van der Waals surface area contributed by atoms with Crippen LogP contribution in [0.25, 0.3) is 32.9 Å². The molecule has 246 valence electrons. The number of likely N-dealkylation sites (N-methyl/N-ethyl adjacent to an activating group) is 2. The van der Waals surface area contributed by atoms with Crippen molar-refractivity contribution in [1.29, 1.82) is 0 Å². The lowest BCUT2D eigenvalue weighted by atomic mass is 9.95. The largest absolute Gasteiger partial charge is 0.461 e. The summed E-state index contributed by atoms with van der Waals surface area (Å²) in [6, 6.07) is 11.4. The second-order valence-corrected chi connectivity index (χ2v) is 13.8. The summed E-state index contributed by atoms with van der Waals surface area (Å²) in [5.41, 5.74) is 0.907. The van der Waals surface area contributed by atoms with Gasteiger partial charge in [-0.2, -0.15) is 9.97 Å². The Morgan fingerprint density at radius 1 is 1.11 bits per heavy atom. The molecule has 1 amide bonds. The third-order valence-electron chi connectivity index (χ3n) is 10.1. The summed E-state index contributed by atoms with van der Waals surface area (Å²) >= 11 is 6.63. The predicted octanol–water partition coefficient (Wildman–Crippen LogP) is 5.80. The maximum Gasteiger partial charge on any atom is 0.319 e. The summed E-state index contributed by atoms with van der Waals surface area (Å²) in [6.45, 7) is 4.48. The van der Waals surface area contributed by atoms with Gasteiger partial charge in [-0.15, -0.1) is 0 Å². The Balaban J connectivity index is 1.26. The number of rotatable bonds is 9. The first kappa shape index (κ1) is 31.7. The van der Waals surface area contributed by atoms with Gasteiger partial charge >= 0.3 is 6.01 Å². The molecule has 9 nitrogen and oxygen atoms in total. The van der Waals surface area contributed by atoms with E-state index in [1.807, 2.05) is 72.3 Å². The van der Waals surface area contributed by atoms with Gasteiger partial charge in [-0.3, -0.25) is 14.7 Å². The number of aromatic nitrogens is 3. The normalized spacial score (nSPS) is 19.4. The lowest BCUT2D eigenvalue weighted by Gasteiger charge is -2.31. The van der Waals surface area contributed by atoms with Crippen LogP contribution in [0.15, 0.2) is 54.7 Å². The van der Waals surface area contributed by atoms with Crippen LogP contribution in [0.2, 0.25) is 5.02 Å². The van der Waals surface area contributed by atoms with Gasteiger partial charge in [-0.1, -0.05) is 48.0 Å². The lowest BCUT2D eigenvalue weighted by molar-refractivity contribution is -0.125. The molecule has 11 heteroatoms. The van der Waals surface area contributed by atoms with E-state index >= 15 is 4.39 Å². The maximum absolute atomic E-state index is 16.8. The number of amides is 1. The van der Waals surface area contributed by atoms with Crippen LogP contribution < -0.4 is 9.64 Å². The molecule has 3 saturated heterocycles. The van der Waals surface area contributed by atoms with Crippen molar-refractivity contribution in [3.63, 3.8) is 0 Å². The molecule has 4 aromatic rings. The number of hydrogen-bond acceptors (Lipinski definition) is 8. The summed E-state index contributed by atoms with van der Waals surface area (Å²) < 4.78 is 23.2. The SMILES string of the molecule is CN(C)C/C=C/C(=O)N1CC[C@@H](N(C)c2nc(OCC34CCCN3CCC4)nc3c(F)c(-c4cccc5cccc(Cl)c45)ncc23)C1. The van der Waals surface area contributed by atoms with Gasteiger partial charge in [0, 0.05) is 61.0 Å². The first-order valence-electron chi connectivity index (χ1n) is 16.5. The molecule has 3 fully saturated rings. The van der Waals surface area contributed by atoms with Crippen molar-refractivity contribution in [2.24, 2.45) is 0 Å². The molecule has 2 aromatic heterocycles. The van der Waals surface area contributed by atoms with Crippen LogP contribution in [0.3, 0.4) is 0 Å². The molecule has 0 radical (unpaired) electrons. The van der Waals surface area contributed by atoms with Gasteiger partial charge in [0.2, 0.25) is 5.91 Å². The first-order chi connectivity index (χ1) is 22.7. The number of anilines is 1. The zero-order valence-electron chi connectivity index (χ0n) is 27.3. The Bertz CT molecular complexity index is 1830. The number of pyridine rings is 1. The smallest absolute Gasteiger partial charge is 0.319 e. The quantitative estimate of drug-likeness (QED) is 0.209. The van der Waals surface area contributed by atoms with Crippen molar-refractivity contribution in [3.05, 3.63) is 65.6 Å². The van der Waals surface area contributed by atoms with Crippen LogP contribution in [-0.4, -0.2) is 108 Å². The van der Waals surface area contributed by atoms with Crippen LogP contribution in [0.5, 0.6) is 6.01 Å². The van der Waals surface area contributed by atoms with Crippen molar-refractivity contribution in [2.45, 2.75) is 43.7 Å². The molecule has 1 atom stereocenters. The molecule has 2 aromatic carbocycles. The molecule has 47 heavy (non-hydrogen) atoms. The number of benzene rings is 2. The number of fused-ring (bicyclic) bond motifs is 3. The predicted molar refractivity (Wildman–Crippen MR) is 185 cm³/mol. The average Bonchev–Trinajstić information content (AvgIpc) is 3.80. The van der Waals surface area contributed by atoms with Gasteiger partial charge in [-0.05, 0) is 70.7 Å². The molecular weight excluding hydrogens is 617 g/mol. The van der Waals surface area contributed by atoms with Crippen molar-refractivity contribution >= 4 is 45.0 Å². The van der Waals surface area contributed by atoms with Crippen LogP contribution in [0, 0.1) is 5.82 Å². The lowest BCUT2D eigenvalue weighted by Crippen LogP contribution is -2.43. The molecule has 0 spiro atoms. The number of likely N-dealkylation sites (tertiary alicyclic amines) is 1. The number of halogens is 2. The van der Waals surface area contributed by atoms with Crippen LogP contribution in [0.1, 0.15) is 32.1 Å². The number of carbonyl (C=O) groups is 1. The molecule has 3 aliphatic rings. The fourth-order valence-corrected chi connectivity index (χ4v) is 7.88. The summed E-state index contributed by atoms with van der Waals surface area (Å²) in [5, 5.41) is 2.66. The van der Waals surface area contributed by atoms with Gasteiger partial charge in [0.1, 0.15) is 23.6 Å². The van der Waals surface area contributed by atoms with Gasteiger partial charge in [0.25, 0.3) is 0 Å². The number of nitrogens with zero attached hydrogens (tertiary/aromatic N) is 7. The van der Waals surface area contributed by atoms with Crippen molar-refractivity contribution in [3.8, 4) is 17.3 Å².